The van der Waals surface area contributed by atoms with Crippen LogP contribution in [0.1, 0.15) is 44.9 Å². The third-order valence-corrected chi connectivity index (χ3v) is 5.57. The van der Waals surface area contributed by atoms with Crippen molar-refractivity contribution in [1.82, 2.24) is 4.90 Å². The fourth-order valence-electron chi connectivity index (χ4n) is 4.39. The Balaban J connectivity index is 1.48. The average molecular weight is 264 g/mol. The Morgan fingerprint density at radius 3 is 2.32 bits per heavy atom. The molecule has 0 radical (unpaired) electrons. The first-order chi connectivity index (χ1) is 9.13. The zero-order valence-corrected chi connectivity index (χ0v) is 11.5. The van der Waals surface area contributed by atoms with Gasteiger partial charge in [0.2, 0.25) is 11.8 Å². The highest BCUT2D eigenvalue weighted by Crippen LogP contribution is 2.49. The van der Waals surface area contributed by atoms with Crippen molar-refractivity contribution in [3.63, 3.8) is 0 Å². The first-order valence-corrected chi connectivity index (χ1v) is 7.70. The Hall–Kier alpha value is -1.06. The lowest BCUT2D eigenvalue weighted by molar-refractivity contribution is -0.136. The van der Waals surface area contributed by atoms with Gasteiger partial charge in [-0.3, -0.25) is 9.59 Å². The van der Waals surface area contributed by atoms with Crippen molar-refractivity contribution >= 4 is 11.8 Å². The summed E-state index contributed by atoms with van der Waals surface area (Å²) >= 11 is 0. The van der Waals surface area contributed by atoms with E-state index in [9.17, 15) is 9.59 Å². The Morgan fingerprint density at radius 2 is 1.79 bits per heavy atom. The monoisotopic (exact) mass is 264 g/mol. The lowest BCUT2D eigenvalue weighted by atomic mass is 9.86. The normalized spacial score (nSPS) is 34.7. The maximum atomic E-state index is 12.3. The van der Waals surface area contributed by atoms with Crippen molar-refractivity contribution in [2.75, 3.05) is 13.1 Å². The van der Waals surface area contributed by atoms with Crippen molar-refractivity contribution in [3.05, 3.63) is 0 Å². The molecule has 1 saturated heterocycles. The summed E-state index contributed by atoms with van der Waals surface area (Å²) in [6.07, 6.45) is 7.60. The number of fused-ring (bicyclic) bond motifs is 2. The maximum Gasteiger partial charge on any atom is 0.222 e. The minimum Gasteiger partial charge on any atom is -0.369 e. The van der Waals surface area contributed by atoms with Gasteiger partial charge in [0.15, 0.2) is 0 Å². The van der Waals surface area contributed by atoms with E-state index in [0.717, 1.165) is 31.1 Å². The first kappa shape index (κ1) is 12.9. The predicted molar refractivity (Wildman–Crippen MR) is 72.1 cm³/mol. The van der Waals surface area contributed by atoms with Crippen molar-refractivity contribution in [1.29, 1.82) is 0 Å². The van der Waals surface area contributed by atoms with Crippen LogP contribution in [-0.2, 0) is 9.59 Å². The lowest BCUT2D eigenvalue weighted by Gasteiger charge is -2.32. The molecule has 2 amide bonds. The molecule has 4 nitrogen and oxygen atoms in total. The summed E-state index contributed by atoms with van der Waals surface area (Å²) in [4.78, 5) is 25.4. The van der Waals surface area contributed by atoms with Crippen LogP contribution in [-0.4, -0.2) is 29.8 Å². The molecular formula is C15H24N2O2. The van der Waals surface area contributed by atoms with Gasteiger partial charge in [-0.25, -0.2) is 0 Å². The van der Waals surface area contributed by atoms with Gasteiger partial charge in [0, 0.05) is 25.4 Å². The van der Waals surface area contributed by atoms with Crippen LogP contribution < -0.4 is 5.73 Å². The third-order valence-electron chi connectivity index (χ3n) is 5.57. The van der Waals surface area contributed by atoms with E-state index in [0.29, 0.717) is 24.9 Å². The van der Waals surface area contributed by atoms with Crippen LogP contribution in [0.25, 0.3) is 0 Å². The Kier molecular flexibility index (Phi) is 3.50. The third kappa shape index (κ3) is 2.63. The predicted octanol–water partition coefficient (Wildman–Crippen LogP) is 1.54. The number of hydrogen-bond acceptors (Lipinski definition) is 2. The Bertz CT molecular complexity index is 374. The van der Waals surface area contributed by atoms with E-state index in [1.54, 1.807) is 0 Å². The topological polar surface area (TPSA) is 63.4 Å². The summed E-state index contributed by atoms with van der Waals surface area (Å²) in [5, 5.41) is 0. The van der Waals surface area contributed by atoms with E-state index in [4.69, 9.17) is 5.73 Å². The number of amides is 2. The summed E-state index contributed by atoms with van der Waals surface area (Å²) in [6.45, 7) is 1.43. The molecule has 0 unspecified atom stereocenters. The SMILES string of the molecule is NC(=O)C1CCN(C(=O)C[C@H]2C[C@@H]3CC[C@@H]2C3)CC1. The van der Waals surface area contributed by atoms with Gasteiger partial charge in [0.05, 0.1) is 0 Å². The molecule has 2 saturated carbocycles. The van der Waals surface area contributed by atoms with E-state index in [1.165, 1.54) is 25.7 Å². The molecule has 19 heavy (non-hydrogen) atoms. The molecule has 2 bridgehead atoms. The van der Waals surface area contributed by atoms with Crippen molar-refractivity contribution in [2.24, 2.45) is 29.4 Å². The van der Waals surface area contributed by atoms with Crippen LogP contribution in [0.4, 0.5) is 0 Å². The fraction of sp³-hybridized carbons (Fsp3) is 0.867. The number of carbonyl (C=O) groups is 2. The molecule has 2 N–H and O–H groups in total. The number of piperidine rings is 1. The molecule has 0 aromatic rings. The largest absolute Gasteiger partial charge is 0.369 e. The Morgan fingerprint density at radius 1 is 1.05 bits per heavy atom. The maximum absolute atomic E-state index is 12.3. The molecule has 4 heteroatoms. The van der Waals surface area contributed by atoms with Crippen LogP contribution in [0.5, 0.6) is 0 Å². The van der Waals surface area contributed by atoms with Gasteiger partial charge in [-0.2, -0.15) is 0 Å². The van der Waals surface area contributed by atoms with Gasteiger partial charge in [-0.15, -0.1) is 0 Å². The molecule has 3 aliphatic rings. The standard InChI is InChI=1S/C15H24N2O2/c16-15(19)11-3-5-17(6-4-11)14(18)9-13-8-10-1-2-12(13)7-10/h10-13H,1-9H2,(H2,16,19)/t10-,12-,13-/m1/s1. The molecule has 0 aromatic carbocycles. The quantitative estimate of drug-likeness (QED) is 0.840. The van der Waals surface area contributed by atoms with Gasteiger partial charge >= 0.3 is 0 Å². The van der Waals surface area contributed by atoms with Gasteiger partial charge < -0.3 is 10.6 Å². The number of hydrogen-bond donors (Lipinski definition) is 1. The smallest absolute Gasteiger partial charge is 0.222 e. The molecule has 3 rings (SSSR count). The number of nitrogens with two attached hydrogens (primary N) is 1. The number of rotatable bonds is 3. The van der Waals surface area contributed by atoms with Crippen molar-refractivity contribution < 1.29 is 9.59 Å². The number of carbonyl (C=O) groups excluding carboxylic acids is 2. The number of likely N-dealkylation sites (tertiary alicyclic amines) is 1. The second kappa shape index (κ2) is 5.14. The highest BCUT2D eigenvalue weighted by atomic mass is 16.2. The highest BCUT2D eigenvalue weighted by molar-refractivity contribution is 5.79. The van der Waals surface area contributed by atoms with Crippen LogP contribution in [0.2, 0.25) is 0 Å². The van der Waals surface area contributed by atoms with Gasteiger partial charge in [-0.1, -0.05) is 6.42 Å². The summed E-state index contributed by atoms with van der Waals surface area (Å²) in [7, 11) is 0. The van der Waals surface area contributed by atoms with E-state index < -0.39 is 0 Å². The van der Waals surface area contributed by atoms with Crippen molar-refractivity contribution in [3.8, 4) is 0 Å². The molecular weight excluding hydrogens is 240 g/mol. The molecule has 1 aliphatic heterocycles. The molecule has 0 aromatic heterocycles. The molecule has 3 atom stereocenters. The average Bonchev–Trinajstić information content (AvgIpc) is 3.01. The van der Waals surface area contributed by atoms with Gasteiger partial charge in [-0.05, 0) is 49.9 Å². The minimum atomic E-state index is -0.208. The van der Waals surface area contributed by atoms with Crippen LogP contribution in [0, 0.1) is 23.7 Å². The van der Waals surface area contributed by atoms with Gasteiger partial charge in [0.25, 0.3) is 0 Å². The number of primary amides is 1. The van der Waals surface area contributed by atoms with E-state index in [-0.39, 0.29) is 11.8 Å². The second-order valence-corrected chi connectivity index (χ2v) is 6.70. The van der Waals surface area contributed by atoms with E-state index in [1.807, 2.05) is 4.90 Å². The van der Waals surface area contributed by atoms with Crippen LogP contribution >= 0.6 is 0 Å². The zero-order chi connectivity index (χ0) is 13.4. The number of nitrogens with zero attached hydrogens (tertiary/aromatic N) is 1. The molecule has 106 valence electrons. The first-order valence-electron chi connectivity index (χ1n) is 7.70. The van der Waals surface area contributed by atoms with E-state index >= 15 is 0 Å². The van der Waals surface area contributed by atoms with Crippen LogP contribution in [0.3, 0.4) is 0 Å². The molecule has 1 heterocycles. The molecule has 0 spiro atoms. The summed E-state index contributed by atoms with van der Waals surface area (Å²) < 4.78 is 0. The fourth-order valence-corrected chi connectivity index (χ4v) is 4.39. The van der Waals surface area contributed by atoms with Gasteiger partial charge in [0.1, 0.15) is 0 Å². The highest BCUT2D eigenvalue weighted by Gasteiger charge is 2.40. The molecule has 3 fully saturated rings. The van der Waals surface area contributed by atoms with Crippen LogP contribution in [0.15, 0.2) is 0 Å². The second-order valence-electron chi connectivity index (χ2n) is 6.70. The summed E-state index contributed by atoms with van der Waals surface area (Å²) in [6, 6.07) is 0. The van der Waals surface area contributed by atoms with Crippen molar-refractivity contribution in [2.45, 2.75) is 44.9 Å². The Labute approximate surface area is 114 Å². The summed E-state index contributed by atoms with van der Waals surface area (Å²) in [5.41, 5.74) is 5.32. The lowest BCUT2D eigenvalue weighted by Crippen LogP contribution is -2.42. The summed E-state index contributed by atoms with van der Waals surface area (Å²) in [5.74, 6) is 2.44. The minimum absolute atomic E-state index is 0.0217. The zero-order valence-electron chi connectivity index (χ0n) is 11.5. The van der Waals surface area contributed by atoms with E-state index in [2.05, 4.69) is 0 Å². The molecule has 2 aliphatic carbocycles.